The van der Waals surface area contributed by atoms with Crippen LogP contribution in [0.4, 0.5) is 16.4 Å². The monoisotopic (exact) mass is 302 g/mol. The highest BCUT2D eigenvalue weighted by Gasteiger charge is 2.23. The van der Waals surface area contributed by atoms with Crippen molar-refractivity contribution in [3.05, 3.63) is 36.5 Å². The van der Waals surface area contributed by atoms with Crippen LogP contribution in [0.5, 0.6) is 5.75 Å². The van der Waals surface area contributed by atoms with Gasteiger partial charge in [-0.15, -0.1) is 0 Å². The third-order valence-corrected chi connectivity index (χ3v) is 3.66. The number of hydrogen-bond donors (Lipinski definition) is 1. The molecule has 1 fully saturated rings. The molecule has 0 saturated carbocycles. The van der Waals surface area contributed by atoms with Crippen molar-refractivity contribution >= 4 is 17.6 Å². The number of methoxy groups -OCH3 is 1. The lowest BCUT2D eigenvalue weighted by molar-refractivity contribution is 0.207. The fourth-order valence-electron chi connectivity index (χ4n) is 2.51. The van der Waals surface area contributed by atoms with Gasteiger partial charge < -0.3 is 19.1 Å². The Hall–Kier alpha value is -2.70. The Kier molecular flexibility index (Phi) is 4.13. The van der Waals surface area contributed by atoms with Crippen molar-refractivity contribution in [2.45, 2.75) is 0 Å². The lowest BCUT2D eigenvalue weighted by atomic mass is 10.2. The Morgan fingerprint density at radius 3 is 2.68 bits per heavy atom. The Bertz CT molecular complexity index is 621. The number of carbonyl (C=O) groups excluding carboxylic acids is 1. The standard InChI is InChI=1S/C15H18N4O3/c1-21-13-5-3-2-4-12(13)18-8-10-19(11-9-18)15(20)17-14-6-7-16-22-14/h2-7H,8-11H2,1H3,(H,17,20). The summed E-state index contributed by atoms with van der Waals surface area (Å²) in [6.45, 7) is 2.78. The number of urea groups is 1. The highest BCUT2D eigenvalue weighted by atomic mass is 16.5. The summed E-state index contributed by atoms with van der Waals surface area (Å²) >= 11 is 0. The highest BCUT2D eigenvalue weighted by molar-refractivity contribution is 5.88. The second kappa shape index (κ2) is 6.38. The van der Waals surface area contributed by atoms with Crippen LogP contribution < -0.4 is 15.0 Å². The summed E-state index contributed by atoms with van der Waals surface area (Å²) < 4.78 is 10.3. The van der Waals surface area contributed by atoms with Gasteiger partial charge in [0.1, 0.15) is 5.75 Å². The number of aromatic nitrogens is 1. The summed E-state index contributed by atoms with van der Waals surface area (Å²) in [6.07, 6.45) is 1.50. The molecule has 2 amide bonds. The summed E-state index contributed by atoms with van der Waals surface area (Å²) in [5.74, 6) is 1.21. The van der Waals surface area contributed by atoms with E-state index in [0.717, 1.165) is 24.5 Å². The Morgan fingerprint density at radius 1 is 1.23 bits per heavy atom. The number of ether oxygens (including phenoxy) is 1. The zero-order chi connectivity index (χ0) is 15.4. The van der Waals surface area contributed by atoms with Gasteiger partial charge in [-0.25, -0.2) is 4.79 Å². The van der Waals surface area contributed by atoms with Gasteiger partial charge in [0, 0.05) is 32.2 Å². The molecule has 3 rings (SSSR count). The minimum absolute atomic E-state index is 0.170. The molecule has 0 radical (unpaired) electrons. The fourth-order valence-corrected chi connectivity index (χ4v) is 2.51. The van der Waals surface area contributed by atoms with Crippen molar-refractivity contribution < 1.29 is 14.1 Å². The molecule has 1 aliphatic rings. The average Bonchev–Trinajstić information content (AvgIpc) is 3.08. The van der Waals surface area contributed by atoms with Crippen LogP contribution in [0.25, 0.3) is 0 Å². The van der Waals surface area contributed by atoms with Crippen LogP contribution in [0.1, 0.15) is 0 Å². The molecule has 1 saturated heterocycles. The summed E-state index contributed by atoms with van der Waals surface area (Å²) in [7, 11) is 1.67. The molecule has 1 aromatic heterocycles. The van der Waals surface area contributed by atoms with Crippen molar-refractivity contribution in [1.82, 2.24) is 10.1 Å². The molecule has 7 nitrogen and oxygen atoms in total. The minimum atomic E-state index is -0.170. The van der Waals surface area contributed by atoms with E-state index in [1.54, 1.807) is 18.1 Å². The van der Waals surface area contributed by atoms with E-state index < -0.39 is 0 Å². The number of amides is 2. The number of nitrogens with zero attached hydrogens (tertiary/aromatic N) is 3. The smallest absolute Gasteiger partial charge is 0.324 e. The molecule has 0 unspecified atom stereocenters. The van der Waals surface area contributed by atoms with Crippen molar-refractivity contribution in [3.8, 4) is 5.75 Å². The van der Waals surface area contributed by atoms with Crippen LogP contribution in [0.15, 0.2) is 41.1 Å². The van der Waals surface area contributed by atoms with E-state index in [0.29, 0.717) is 19.0 Å². The normalized spacial score (nSPS) is 14.8. The van der Waals surface area contributed by atoms with Gasteiger partial charge in [-0.2, -0.15) is 0 Å². The molecule has 1 N–H and O–H groups in total. The summed E-state index contributed by atoms with van der Waals surface area (Å²) in [4.78, 5) is 16.1. The summed E-state index contributed by atoms with van der Waals surface area (Å²) in [5.41, 5.74) is 1.06. The van der Waals surface area contributed by atoms with E-state index in [2.05, 4.69) is 15.4 Å². The first-order chi connectivity index (χ1) is 10.8. The van der Waals surface area contributed by atoms with E-state index in [9.17, 15) is 4.79 Å². The van der Waals surface area contributed by atoms with Crippen molar-refractivity contribution in [3.63, 3.8) is 0 Å². The number of para-hydroxylation sites is 2. The van der Waals surface area contributed by atoms with E-state index in [-0.39, 0.29) is 6.03 Å². The molecule has 0 aliphatic carbocycles. The zero-order valence-electron chi connectivity index (χ0n) is 12.4. The maximum atomic E-state index is 12.1. The summed E-state index contributed by atoms with van der Waals surface area (Å²) in [5, 5.41) is 6.24. The fraction of sp³-hybridized carbons (Fsp3) is 0.333. The molecule has 0 spiro atoms. The second-order valence-corrected chi connectivity index (χ2v) is 4.95. The van der Waals surface area contributed by atoms with E-state index in [4.69, 9.17) is 9.26 Å². The van der Waals surface area contributed by atoms with Crippen LogP contribution >= 0.6 is 0 Å². The second-order valence-electron chi connectivity index (χ2n) is 4.95. The number of hydrogen-bond acceptors (Lipinski definition) is 5. The number of benzene rings is 1. The predicted molar refractivity (Wildman–Crippen MR) is 82.3 cm³/mol. The SMILES string of the molecule is COc1ccccc1N1CCN(C(=O)Nc2ccno2)CC1. The van der Waals surface area contributed by atoms with Crippen LogP contribution in [-0.2, 0) is 0 Å². The Labute approximate surface area is 128 Å². The van der Waals surface area contributed by atoms with E-state index in [1.807, 2.05) is 24.3 Å². The lowest BCUT2D eigenvalue weighted by Crippen LogP contribution is -2.50. The maximum absolute atomic E-state index is 12.1. The number of anilines is 2. The van der Waals surface area contributed by atoms with Gasteiger partial charge in [0.05, 0.1) is 19.0 Å². The van der Waals surface area contributed by atoms with Gasteiger partial charge in [-0.3, -0.25) is 5.32 Å². The third-order valence-electron chi connectivity index (χ3n) is 3.66. The Balaban J connectivity index is 1.59. The number of carbonyl (C=O) groups is 1. The topological polar surface area (TPSA) is 70.8 Å². The first-order valence-corrected chi connectivity index (χ1v) is 7.12. The molecule has 0 atom stereocenters. The van der Waals surface area contributed by atoms with Crippen LogP contribution in [-0.4, -0.2) is 49.4 Å². The van der Waals surface area contributed by atoms with Crippen LogP contribution in [0, 0.1) is 0 Å². The van der Waals surface area contributed by atoms with Gasteiger partial charge in [0.2, 0.25) is 5.88 Å². The molecule has 1 aromatic carbocycles. The number of rotatable bonds is 3. The quantitative estimate of drug-likeness (QED) is 0.939. The molecule has 2 heterocycles. The van der Waals surface area contributed by atoms with Gasteiger partial charge in [0.15, 0.2) is 0 Å². The summed E-state index contributed by atoms with van der Waals surface area (Å²) in [6, 6.07) is 9.35. The van der Waals surface area contributed by atoms with Crippen molar-refractivity contribution in [2.75, 3.05) is 43.5 Å². The highest BCUT2D eigenvalue weighted by Crippen LogP contribution is 2.28. The third kappa shape index (κ3) is 2.98. The number of piperazine rings is 1. The molecule has 1 aliphatic heterocycles. The predicted octanol–water partition coefficient (Wildman–Crippen LogP) is 2.04. The lowest BCUT2D eigenvalue weighted by Gasteiger charge is -2.36. The molecular formula is C15H18N4O3. The minimum Gasteiger partial charge on any atom is -0.495 e. The van der Waals surface area contributed by atoms with E-state index >= 15 is 0 Å². The number of nitrogens with one attached hydrogen (secondary N) is 1. The van der Waals surface area contributed by atoms with Gasteiger partial charge in [-0.05, 0) is 12.1 Å². The molecule has 7 heteroatoms. The molecule has 116 valence electrons. The van der Waals surface area contributed by atoms with Crippen molar-refractivity contribution in [1.29, 1.82) is 0 Å². The molecule has 0 bridgehead atoms. The first kappa shape index (κ1) is 14.2. The van der Waals surface area contributed by atoms with Crippen LogP contribution in [0.3, 0.4) is 0 Å². The molecule has 22 heavy (non-hydrogen) atoms. The Morgan fingerprint density at radius 2 is 2.00 bits per heavy atom. The van der Waals surface area contributed by atoms with Gasteiger partial charge in [-0.1, -0.05) is 17.3 Å². The molecule has 2 aromatic rings. The van der Waals surface area contributed by atoms with Gasteiger partial charge >= 0.3 is 6.03 Å². The molecular weight excluding hydrogens is 284 g/mol. The van der Waals surface area contributed by atoms with Crippen LogP contribution in [0.2, 0.25) is 0 Å². The average molecular weight is 302 g/mol. The van der Waals surface area contributed by atoms with E-state index in [1.165, 1.54) is 6.20 Å². The maximum Gasteiger partial charge on any atom is 0.324 e. The zero-order valence-corrected chi connectivity index (χ0v) is 12.4. The van der Waals surface area contributed by atoms with Crippen molar-refractivity contribution in [2.24, 2.45) is 0 Å². The largest absolute Gasteiger partial charge is 0.495 e. The van der Waals surface area contributed by atoms with Gasteiger partial charge in [0.25, 0.3) is 0 Å². The first-order valence-electron chi connectivity index (χ1n) is 7.12.